The molecule has 0 bridgehead atoms. The van der Waals surface area contributed by atoms with Gasteiger partial charge in [0.15, 0.2) is 0 Å². The first-order chi connectivity index (χ1) is 28.6. The molecule has 0 fully saturated rings. The molecular weight excluding hydrogens is 713 g/mol. The number of hydrogen-bond acceptors (Lipinski definition) is 1. The Morgan fingerprint density at radius 1 is 0.288 bits per heavy atom. The van der Waals surface area contributed by atoms with Gasteiger partial charge in [-0.25, -0.2) is 0 Å². The van der Waals surface area contributed by atoms with E-state index in [9.17, 15) is 0 Å². The van der Waals surface area contributed by atoms with Gasteiger partial charge < -0.3 is 4.42 Å². The Balaban J connectivity index is 1.30. The van der Waals surface area contributed by atoms with E-state index in [-0.39, 0.29) is 0 Å². The van der Waals surface area contributed by atoms with Crippen LogP contribution in [0.25, 0.3) is 109 Å². The van der Waals surface area contributed by atoms with Crippen LogP contribution in [-0.2, 0) is 0 Å². The maximum Gasteiger partial charge on any atom is 0.136 e. The summed E-state index contributed by atoms with van der Waals surface area (Å²) in [6.07, 6.45) is 0. The summed E-state index contributed by atoms with van der Waals surface area (Å²) in [5.74, 6) is 0. The predicted molar refractivity (Wildman–Crippen MR) is 255 cm³/mol. The molecule has 0 atom stereocenters. The van der Waals surface area contributed by atoms with E-state index < -0.39 is 0 Å². The quantitative estimate of drug-likeness (QED) is 0.164. The van der Waals surface area contributed by atoms with Gasteiger partial charge in [0.05, 0.1) is 0 Å². The fourth-order valence-electron chi connectivity index (χ4n) is 10.4. The Kier molecular flexibility index (Phi) is 7.75. The third-order valence-corrected chi connectivity index (χ3v) is 14.3. The number of furan rings is 1. The molecule has 10 aromatic carbocycles. The van der Waals surface area contributed by atoms with E-state index in [0.29, 0.717) is 0 Å². The van der Waals surface area contributed by atoms with Crippen LogP contribution in [0, 0.1) is 55.4 Å². The highest BCUT2D eigenvalue weighted by Gasteiger charge is 2.27. The van der Waals surface area contributed by atoms with Crippen molar-refractivity contribution in [2.45, 2.75) is 55.4 Å². The highest BCUT2D eigenvalue weighted by Crippen LogP contribution is 2.52. The lowest BCUT2D eigenvalue weighted by atomic mass is 9.76. The summed E-state index contributed by atoms with van der Waals surface area (Å²) in [5, 5.41) is 15.2. The van der Waals surface area contributed by atoms with Crippen LogP contribution in [-0.4, -0.2) is 0 Å². The van der Waals surface area contributed by atoms with E-state index in [1.54, 1.807) is 0 Å². The molecule has 0 N–H and O–H groups in total. The van der Waals surface area contributed by atoms with Gasteiger partial charge in [-0.2, -0.15) is 0 Å². The maximum atomic E-state index is 6.56. The van der Waals surface area contributed by atoms with Crippen molar-refractivity contribution >= 4 is 75.8 Å². The lowest BCUT2D eigenvalue weighted by Crippen LogP contribution is -2.04. The number of aryl methyl sites for hydroxylation is 4. The Morgan fingerprint density at radius 2 is 0.746 bits per heavy atom. The van der Waals surface area contributed by atoms with Crippen LogP contribution in [0.3, 0.4) is 0 Å². The fourth-order valence-corrected chi connectivity index (χ4v) is 10.4. The fraction of sp³-hybridized carbons (Fsp3) is 0.138. The van der Waals surface area contributed by atoms with Gasteiger partial charge in [0.2, 0.25) is 0 Å². The zero-order valence-corrected chi connectivity index (χ0v) is 35.1. The third kappa shape index (κ3) is 5.04. The van der Waals surface area contributed by atoms with Crippen LogP contribution in [0.15, 0.2) is 138 Å². The average Bonchev–Trinajstić information content (AvgIpc) is 3.62. The van der Waals surface area contributed by atoms with E-state index in [4.69, 9.17) is 4.42 Å². The van der Waals surface area contributed by atoms with Crippen molar-refractivity contribution in [1.82, 2.24) is 0 Å². The average molecular weight is 759 g/mol. The van der Waals surface area contributed by atoms with Crippen LogP contribution < -0.4 is 0 Å². The molecule has 0 spiro atoms. The molecule has 59 heavy (non-hydrogen) atoms. The number of rotatable bonds is 3. The van der Waals surface area contributed by atoms with Gasteiger partial charge in [-0.3, -0.25) is 0 Å². The van der Waals surface area contributed by atoms with Crippen molar-refractivity contribution in [2.24, 2.45) is 0 Å². The van der Waals surface area contributed by atoms with Crippen molar-refractivity contribution in [3.8, 4) is 33.4 Å². The highest BCUT2D eigenvalue weighted by atomic mass is 16.3. The summed E-state index contributed by atoms with van der Waals surface area (Å²) in [7, 11) is 0. The standard InChI is InChI=1S/C58H46O/c1-31-33(3)37(7)55-53(35(31)5)57(44-23-26-51-49(29-44)50-28-41-17-11-12-18-42(41)30-52(50)59-51)54-36(6)32(2)34(4)38(8)56(54)58(55)48-25-24-45(46-19-13-14-20-47(46)48)43-22-21-39-15-9-10-16-40(39)27-43/h9-30H,1-8H3. The van der Waals surface area contributed by atoms with Gasteiger partial charge in [-0.1, -0.05) is 103 Å². The minimum atomic E-state index is 0.919. The van der Waals surface area contributed by atoms with E-state index >= 15 is 0 Å². The molecule has 0 radical (unpaired) electrons. The van der Waals surface area contributed by atoms with Gasteiger partial charge in [0.25, 0.3) is 0 Å². The molecule has 1 aromatic heterocycles. The second-order valence-electron chi connectivity index (χ2n) is 17.0. The van der Waals surface area contributed by atoms with Gasteiger partial charge >= 0.3 is 0 Å². The Bertz CT molecular complexity index is 3550. The first kappa shape index (κ1) is 35.5. The molecule has 0 aliphatic carbocycles. The highest BCUT2D eigenvalue weighted by molar-refractivity contribution is 6.28. The topological polar surface area (TPSA) is 13.1 Å². The minimum absolute atomic E-state index is 0.919. The largest absolute Gasteiger partial charge is 0.456 e. The van der Waals surface area contributed by atoms with E-state index in [1.165, 1.54) is 132 Å². The summed E-state index contributed by atoms with van der Waals surface area (Å²) in [6, 6.07) is 49.4. The lowest BCUT2D eigenvalue weighted by molar-refractivity contribution is 0.669. The Hall–Kier alpha value is -6.70. The number of benzene rings is 10. The van der Waals surface area contributed by atoms with Gasteiger partial charge in [0, 0.05) is 10.8 Å². The van der Waals surface area contributed by atoms with Crippen molar-refractivity contribution < 1.29 is 4.42 Å². The van der Waals surface area contributed by atoms with Crippen molar-refractivity contribution in [3.63, 3.8) is 0 Å². The molecule has 0 unspecified atom stereocenters. The normalized spacial score (nSPS) is 12.1. The van der Waals surface area contributed by atoms with Gasteiger partial charge in [-0.15, -0.1) is 0 Å². The molecule has 0 amide bonds. The molecule has 0 aliphatic rings. The monoisotopic (exact) mass is 758 g/mol. The second kappa shape index (κ2) is 12.9. The van der Waals surface area contributed by atoms with E-state index in [2.05, 4.69) is 189 Å². The molecule has 1 heteroatoms. The molecule has 11 aromatic rings. The molecule has 284 valence electrons. The van der Waals surface area contributed by atoms with Gasteiger partial charge in [-0.05, 0) is 217 Å². The van der Waals surface area contributed by atoms with E-state index in [0.717, 1.165) is 21.9 Å². The minimum Gasteiger partial charge on any atom is -0.456 e. The predicted octanol–water partition coefficient (Wildman–Crippen LogP) is 16.8. The Morgan fingerprint density at radius 3 is 1.36 bits per heavy atom. The van der Waals surface area contributed by atoms with E-state index in [1.807, 2.05) is 0 Å². The molecule has 1 heterocycles. The second-order valence-corrected chi connectivity index (χ2v) is 17.0. The molecule has 0 saturated heterocycles. The summed E-state index contributed by atoms with van der Waals surface area (Å²) < 4.78 is 6.56. The van der Waals surface area contributed by atoms with Crippen LogP contribution in [0.2, 0.25) is 0 Å². The maximum absolute atomic E-state index is 6.56. The third-order valence-electron chi connectivity index (χ3n) is 14.3. The zero-order valence-electron chi connectivity index (χ0n) is 35.1. The summed E-state index contributed by atoms with van der Waals surface area (Å²) in [5.41, 5.74) is 20.3. The smallest absolute Gasteiger partial charge is 0.136 e. The van der Waals surface area contributed by atoms with Crippen LogP contribution in [0.5, 0.6) is 0 Å². The molecular formula is C58H46O. The molecule has 0 saturated carbocycles. The van der Waals surface area contributed by atoms with Crippen LogP contribution >= 0.6 is 0 Å². The van der Waals surface area contributed by atoms with Gasteiger partial charge in [0.1, 0.15) is 11.2 Å². The molecule has 0 aliphatic heterocycles. The first-order valence-electron chi connectivity index (χ1n) is 20.9. The van der Waals surface area contributed by atoms with Crippen LogP contribution in [0.4, 0.5) is 0 Å². The van der Waals surface area contributed by atoms with Crippen LogP contribution in [0.1, 0.15) is 44.5 Å². The van der Waals surface area contributed by atoms with Crippen molar-refractivity contribution in [2.75, 3.05) is 0 Å². The molecule has 1 nitrogen and oxygen atoms in total. The first-order valence-corrected chi connectivity index (χ1v) is 20.9. The zero-order chi connectivity index (χ0) is 40.4. The van der Waals surface area contributed by atoms with Crippen molar-refractivity contribution in [1.29, 1.82) is 0 Å². The SMILES string of the molecule is Cc1c(C)c(C)c2c(-c3ccc(-c4ccc5ccccc5c4)c4ccccc34)c3c(C)c(C)c(C)c(C)c3c(-c3ccc4oc5cc6ccccc6cc5c4c3)c2c1C. The summed E-state index contributed by atoms with van der Waals surface area (Å²) in [6.45, 7) is 18.7. The molecule has 11 rings (SSSR count). The summed E-state index contributed by atoms with van der Waals surface area (Å²) in [4.78, 5) is 0. The summed E-state index contributed by atoms with van der Waals surface area (Å²) >= 11 is 0. The Labute approximate surface area is 345 Å². The lowest BCUT2D eigenvalue weighted by Gasteiger charge is -2.27. The number of hydrogen-bond donors (Lipinski definition) is 0. The van der Waals surface area contributed by atoms with Crippen molar-refractivity contribution in [3.05, 3.63) is 178 Å². The number of fused-ring (bicyclic) bond motifs is 8.